The molecule has 0 radical (unpaired) electrons. The van der Waals surface area contributed by atoms with Crippen molar-refractivity contribution in [3.8, 4) is 0 Å². The zero-order valence-corrected chi connectivity index (χ0v) is 9.92. The highest BCUT2D eigenvalue weighted by molar-refractivity contribution is 5.78. The topological polar surface area (TPSA) is 25.2 Å². The van der Waals surface area contributed by atoms with E-state index >= 15 is 0 Å². The first-order valence-corrected chi connectivity index (χ1v) is 5.73. The highest BCUT2D eigenvalue weighted by atomic mass is 19.3. The van der Waals surface area contributed by atoms with Crippen molar-refractivity contribution in [2.24, 2.45) is 0 Å². The first kappa shape index (κ1) is 13.0. The fourth-order valence-electron chi connectivity index (χ4n) is 1.84. The van der Waals surface area contributed by atoms with Gasteiger partial charge in [-0.25, -0.2) is 13.2 Å². The van der Waals surface area contributed by atoms with Crippen LogP contribution in [0.1, 0.15) is 12.5 Å². The summed E-state index contributed by atoms with van der Waals surface area (Å²) in [5.74, 6) is 0. The van der Waals surface area contributed by atoms with Gasteiger partial charge < -0.3 is 9.73 Å². The van der Waals surface area contributed by atoms with E-state index in [-0.39, 0.29) is 5.56 Å². The van der Waals surface area contributed by atoms with Gasteiger partial charge in [0.2, 0.25) is 5.67 Å². The maximum Gasteiger partial charge on any atom is 0.277 e. The number of halogens is 3. The maximum atomic E-state index is 14.4. The first-order valence-electron chi connectivity index (χ1n) is 5.73. The van der Waals surface area contributed by atoms with Gasteiger partial charge in [0, 0.05) is 11.9 Å². The molecule has 2 aromatic rings. The largest absolute Gasteiger partial charge is 0.464 e. The smallest absolute Gasteiger partial charge is 0.277 e. The SMILES string of the molecule is CCNCC(F)(c1ccc2occc2c1)C(F)F. The average Bonchev–Trinajstić information content (AvgIpc) is 2.82. The Morgan fingerprint density at radius 1 is 1.33 bits per heavy atom. The minimum atomic E-state index is -3.08. The van der Waals surface area contributed by atoms with E-state index in [1.165, 1.54) is 24.5 Å². The molecule has 5 heteroatoms. The minimum Gasteiger partial charge on any atom is -0.464 e. The Morgan fingerprint density at radius 2 is 2.11 bits per heavy atom. The Hall–Kier alpha value is -1.49. The van der Waals surface area contributed by atoms with E-state index in [0.29, 0.717) is 17.5 Å². The molecule has 2 rings (SSSR count). The fourth-order valence-corrected chi connectivity index (χ4v) is 1.84. The highest BCUT2D eigenvalue weighted by Crippen LogP contribution is 2.34. The van der Waals surface area contributed by atoms with Crippen molar-refractivity contribution in [2.45, 2.75) is 19.0 Å². The number of nitrogens with one attached hydrogen (secondary N) is 1. The molecular formula is C13H14F3NO. The number of hydrogen-bond donors (Lipinski definition) is 1. The standard InChI is InChI=1S/C13H14F3NO/c1-2-17-8-13(16,12(14)15)10-3-4-11-9(7-10)5-6-18-11/h3-7,12,17H,2,8H2,1H3. The minimum absolute atomic E-state index is 0.0349. The highest BCUT2D eigenvalue weighted by Gasteiger charge is 2.42. The van der Waals surface area contributed by atoms with Gasteiger partial charge in [0.25, 0.3) is 6.43 Å². The number of likely N-dealkylation sites (N-methyl/N-ethyl adjacent to an activating group) is 1. The van der Waals surface area contributed by atoms with Crippen LogP contribution in [-0.2, 0) is 5.67 Å². The number of rotatable bonds is 5. The zero-order valence-electron chi connectivity index (χ0n) is 9.92. The van der Waals surface area contributed by atoms with E-state index in [1.807, 2.05) is 0 Å². The van der Waals surface area contributed by atoms with Crippen molar-refractivity contribution in [2.75, 3.05) is 13.1 Å². The quantitative estimate of drug-likeness (QED) is 0.887. The van der Waals surface area contributed by atoms with Gasteiger partial charge in [-0.1, -0.05) is 13.0 Å². The molecule has 0 aliphatic rings. The molecule has 18 heavy (non-hydrogen) atoms. The summed E-state index contributed by atoms with van der Waals surface area (Å²) in [6.07, 6.45) is -1.64. The summed E-state index contributed by atoms with van der Waals surface area (Å²) in [6.45, 7) is 1.77. The number of benzene rings is 1. The van der Waals surface area contributed by atoms with Crippen LogP contribution in [0.25, 0.3) is 11.0 Å². The summed E-state index contributed by atoms with van der Waals surface area (Å²) >= 11 is 0. The third kappa shape index (κ3) is 2.22. The van der Waals surface area contributed by atoms with Gasteiger partial charge in [-0.3, -0.25) is 0 Å². The van der Waals surface area contributed by atoms with Gasteiger partial charge in [-0.2, -0.15) is 0 Å². The molecule has 0 spiro atoms. The number of alkyl halides is 3. The third-order valence-corrected chi connectivity index (χ3v) is 2.91. The summed E-state index contributed by atoms with van der Waals surface area (Å²) in [6, 6.07) is 5.88. The van der Waals surface area contributed by atoms with Crippen molar-refractivity contribution >= 4 is 11.0 Å². The predicted molar refractivity (Wildman–Crippen MR) is 63.5 cm³/mol. The van der Waals surface area contributed by atoms with Gasteiger partial charge in [0.05, 0.1) is 6.26 Å². The van der Waals surface area contributed by atoms with Crippen LogP contribution in [-0.4, -0.2) is 19.5 Å². The second-order valence-corrected chi connectivity index (χ2v) is 4.12. The predicted octanol–water partition coefficient (Wildman–Crippen LogP) is 3.47. The molecule has 0 bridgehead atoms. The molecule has 0 aliphatic heterocycles. The van der Waals surface area contributed by atoms with E-state index in [9.17, 15) is 13.2 Å². The molecule has 1 atom stereocenters. The van der Waals surface area contributed by atoms with Crippen LogP contribution in [0.4, 0.5) is 13.2 Å². The molecule has 1 aromatic heterocycles. The van der Waals surface area contributed by atoms with Crippen LogP contribution in [0.3, 0.4) is 0 Å². The summed E-state index contributed by atoms with van der Waals surface area (Å²) < 4.78 is 45.5. The van der Waals surface area contributed by atoms with Crippen LogP contribution in [0.15, 0.2) is 34.9 Å². The Kier molecular flexibility index (Phi) is 3.61. The summed E-state index contributed by atoms with van der Waals surface area (Å²) in [5.41, 5.74) is -2.16. The van der Waals surface area contributed by atoms with Gasteiger partial charge in [0.15, 0.2) is 0 Å². The lowest BCUT2D eigenvalue weighted by atomic mass is 9.95. The van der Waals surface area contributed by atoms with E-state index < -0.39 is 18.6 Å². The van der Waals surface area contributed by atoms with Crippen molar-refractivity contribution in [3.05, 3.63) is 36.1 Å². The second-order valence-electron chi connectivity index (χ2n) is 4.12. The first-order chi connectivity index (χ1) is 8.58. The Balaban J connectivity index is 2.40. The fraction of sp³-hybridized carbons (Fsp3) is 0.385. The van der Waals surface area contributed by atoms with Gasteiger partial charge in [-0.05, 0) is 30.3 Å². The van der Waals surface area contributed by atoms with Crippen molar-refractivity contribution in [1.29, 1.82) is 0 Å². The molecular weight excluding hydrogens is 243 g/mol. The van der Waals surface area contributed by atoms with Gasteiger partial charge >= 0.3 is 0 Å². The van der Waals surface area contributed by atoms with E-state index in [1.54, 1.807) is 13.0 Å². The number of furan rings is 1. The van der Waals surface area contributed by atoms with Crippen LogP contribution in [0, 0.1) is 0 Å². The lowest BCUT2D eigenvalue weighted by Crippen LogP contribution is -2.40. The monoisotopic (exact) mass is 257 g/mol. The molecule has 1 N–H and O–H groups in total. The summed E-state index contributed by atoms with van der Waals surface area (Å²) in [7, 11) is 0. The molecule has 1 heterocycles. The molecule has 0 saturated carbocycles. The van der Waals surface area contributed by atoms with Gasteiger partial charge in [0.1, 0.15) is 5.58 Å². The number of fused-ring (bicyclic) bond motifs is 1. The van der Waals surface area contributed by atoms with Crippen LogP contribution >= 0.6 is 0 Å². The average molecular weight is 257 g/mol. The molecule has 0 amide bonds. The lowest BCUT2D eigenvalue weighted by Gasteiger charge is -2.25. The molecule has 0 aliphatic carbocycles. The van der Waals surface area contributed by atoms with Crippen LogP contribution in [0.5, 0.6) is 0 Å². The zero-order chi connectivity index (χ0) is 13.2. The number of hydrogen-bond acceptors (Lipinski definition) is 2. The Morgan fingerprint density at radius 3 is 2.78 bits per heavy atom. The normalized spacial score (nSPS) is 15.2. The second kappa shape index (κ2) is 5.02. The molecule has 0 saturated heterocycles. The Labute approximate surface area is 103 Å². The van der Waals surface area contributed by atoms with E-state index in [2.05, 4.69) is 5.32 Å². The van der Waals surface area contributed by atoms with Crippen molar-refractivity contribution in [3.63, 3.8) is 0 Å². The molecule has 0 fully saturated rings. The summed E-state index contributed by atoms with van der Waals surface area (Å²) in [4.78, 5) is 0. The lowest BCUT2D eigenvalue weighted by molar-refractivity contribution is -0.0376. The van der Waals surface area contributed by atoms with Crippen LogP contribution < -0.4 is 5.32 Å². The maximum absolute atomic E-state index is 14.4. The van der Waals surface area contributed by atoms with E-state index in [4.69, 9.17) is 4.42 Å². The third-order valence-electron chi connectivity index (χ3n) is 2.91. The molecule has 1 unspecified atom stereocenters. The van der Waals surface area contributed by atoms with E-state index in [0.717, 1.165) is 0 Å². The Bertz CT molecular complexity index is 526. The molecule has 2 nitrogen and oxygen atoms in total. The van der Waals surface area contributed by atoms with Crippen molar-refractivity contribution < 1.29 is 17.6 Å². The summed E-state index contributed by atoms with van der Waals surface area (Å²) in [5, 5.41) is 3.25. The van der Waals surface area contributed by atoms with Crippen molar-refractivity contribution in [1.82, 2.24) is 5.32 Å². The van der Waals surface area contributed by atoms with Gasteiger partial charge in [-0.15, -0.1) is 0 Å². The van der Waals surface area contributed by atoms with Crippen LogP contribution in [0.2, 0.25) is 0 Å². The molecule has 1 aromatic carbocycles. The molecule has 98 valence electrons.